The summed E-state index contributed by atoms with van der Waals surface area (Å²) in [5.74, 6) is -0.339. The zero-order chi connectivity index (χ0) is 25.0. The van der Waals surface area contributed by atoms with E-state index in [0.29, 0.717) is 19.3 Å². The molecule has 0 aromatic carbocycles. The van der Waals surface area contributed by atoms with Crippen molar-refractivity contribution in [1.29, 1.82) is 0 Å². The van der Waals surface area contributed by atoms with E-state index in [1.807, 2.05) is 0 Å². The summed E-state index contributed by atoms with van der Waals surface area (Å²) in [4.78, 5) is 11.2. The highest BCUT2D eigenvalue weighted by Crippen LogP contribution is 2.38. The Morgan fingerprint density at radius 3 is 2.65 bits per heavy atom. The molecule has 1 aliphatic carbocycles. The van der Waals surface area contributed by atoms with Crippen LogP contribution in [0, 0.1) is 17.3 Å². The average Bonchev–Trinajstić information content (AvgIpc) is 3.09. The van der Waals surface area contributed by atoms with Crippen LogP contribution in [0.15, 0.2) is 24.3 Å². The summed E-state index contributed by atoms with van der Waals surface area (Å²) in [5.41, 5.74) is -0.0511. The molecule has 1 aliphatic heterocycles. The lowest BCUT2D eigenvalue weighted by Gasteiger charge is -2.36. The minimum atomic E-state index is -0.561. The van der Waals surface area contributed by atoms with E-state index in [2.05, 4.69) is 49.8 Å². The molecule has 6 atom stereocenters. The Morgan fingerprint density at radius 1 is 1.18 bits per heavy atom. The van der Waals surface area contributed by atoms with Gasteiger partial charge in [0.2, 0.25) is 0 Å². The maximum Gasteiger partial charge on any atom is 0.305 e. The van der Waals surface area contributed by atoms with E-state index >= 15 is 0 Å². The first-order chi connectivity index (χ1) is 16.3. The molecular formula is C28H48O6. The van der Waals surface area contributed by atoms with E-state index < -0.39 is 12.2 Å². The molecular weight excluding hydrogens is 432 g/mol. The van der Waals surface area contributed by atoms with Crippen molar-refractivity contribution >= 4 is 5.97 Å². The van der Waals surface area contributed by atoms with Gasteiger partial charge in [-0.15, -0.1) is 0 Å². The number of aliphatic hydroxyl groups excluding tert-OH is 2. The molecule has 0 bridgehead atoms. The Bertz CT molecular complexity index is 637. The van der Waals surface area contributed by atoms with Gasteiger partial charge >= 0.3 is 5.97 Å². The molecule has 1 unspecified atom stereocenters. The van der Waals surface area contributed by atoms with Gasteiger partial charge in [-0.1, -0.05) is 57.9 Å². The van der Waals surface area contributed by atoms with Gasteiger partial charge in [-0.05, 0) is 56.3 Å². The molecule has 2 rings (SSSR count). The van der Waals surface area contributed by atoms with E-state index in [4.69, 9.17) is 9.47 Å². The summed E-state index contributed by atoms with van der Waals surface area (Å²) >= 11 is 0. The third-order valence-corrected chi connectivity index (χ3v) is 7.36. The van der Waals surface area contributed by atoms with Crippen molar-refractivity contribution in [3.63, 3.8) is 0 Å². The normalized spacial score (nSPS) is 29.2. The van der Waals surface area contributed by atoms with Crippen molar-refractivity contribution in [1.82, 2.24) is 0 Å². The number of carbonyl (C=O) groups excluding carboxylic acids is 1. The zero-order valence-corrected chi connectivity index (χ0v) is 21.8. The number of carbonyl (C=O) groups is 1. The van der Waals surface area contributed by atoms with Crippen LogP contribution < -0.4 is 0 Å². The molecule has 2 fully saturated rings. The molecule has 0 aromatic rings. The first kappa shape index (κ1) is 29.0. The van der Waals surface area contributed by atoms with E-state index in [9.17, 15) is 15.0 Å². The SMILES string of the molecule is CCCCC(C)(C)[C@@H](C=C[C@@H]1[C@@H](CC=CCCCC(=O)OC)[C@@H](O)C[C@H]1O)OC1CCCCO1. The van der Waals surface area contributed by atoms with Gasteiger partial charge in [0.15, 0.2) is 6.29 Å². The van der Waals surface area contributed by atoms with Gasteiger partial charge < -0.3 is 24.4 Å². The molecule has 6 nitrogen and oxygen atoms in total. The fraction of sp³-hybridized carbons (Fsp3) is 0.821. The molecule has 0 aromatic heterocycles. The zero-order valence-electron chi connectivity index (χ0n) is 21.8. The lowest BCUT2D eigenvalue weighted by molar-refractivity contribution is -0.197. The van der Waals surface area contributed by atoms with Gasteiger partial charge in [-0.25, -0.2) is 0 Å². The molecule has 0 spiro atoms. The van der Waals surface area contributed by atoms with Gasteiger partial charge in [0.05, 0.1) is 25.4 Å². The summed E-state index contributed by atoms with van der Waals surface area (Å²) in [6.07, 6.45) is 16.5. The molecule has 1 heterocycles. The average molecular weight is 481 g/mol. The third-order valence-electron chi connectivity index (χ3n) is 7.36. The van der Waals surface area contributed by atoms with Crippen LogP contribution in [0.25, 0.3) is 0 Å². The Labute approximate surface area is 206 Å². The Hall–Kier alpha value is -1.21. The molecule has 6 heteroatoms. The second-order valence-corrected chi connectivity index (χ2v) is 10.6. The smallest absolute Gasteiger partial charge is 0.305 e. The molecule has 1 saturated carbocycles. The van der Waals surface area contributed by atoms with Crippen LogP contribution in [0.5, 0.6) is 0 Å². The maximum atomic E-state index is 11.2. The van der Waals surface area contributed by atoms with E-state index in [0.717, 1.165) is 58.0 Å². The molecule has 34 heavy (non-hydrogen) atoms. The van der Waals surface area contributed by atoms with Crippen molar-refractivity contribution in [3.05, 3.63) is 24.3 Å². The second kappa shape index (κ2) is 15.0. The molecule has 0 amide bonds. The van der Waals surface area contributed by atoms with Gasteiger partial charge in [0, 0.05) is 25.4 Å². The Morgan fingerprint density at radius 2 is 1.97 bits per heavy atom. The highest BCUT2D eigenvalue weighted by atomic mass is 16.7. The van der Waals surface area contributed by atoms with Crippen LogP contribution in [-0.2, 0) is 19.0 Å². The molecule has 0 radical (unpaired) electrons. The van der Waals surface area contributed by atoms with Crippen LogP contribution in [0.1, 0.15) is 91.4 Å². The van der Waals surface area contributed by atoms with Gasteiger partial charge in [0.1, 0.15) is 0 Å². The number of rotatable bonds is 14. The number of ether oxygens (including phenoxy) is 3. The number of allylic oxidation sites excluding steroid dienone is 2. The van der Waals surface area contributed by atoms with Crippen LogP contribution in [0.3, 0.4) is 0 Å². The lowest BCUT2D eigenvalue weighted by atomic mass is 9.80. The van der Waals surface area contributed by atoms with E-state index in [1.54, 1.807) is 0 Å². The van der Waals surface area contributed by atoms with Crippen molar-refractivity contribution in [2.24, 2.45) is 17.3 Å². The maximum absolute atomic E-state index is 11.2. The number of unbranched alkanes of at least 4 members (excludes halogenated alkanes) is 2. The van der Waals surface area contributed by atoms with Crippen molar-refractivity contribution in [3.8, 4) is 0 Å². The molecule has 1 saturated heterocycles. The van der Waals surface area contributed by atoms with Gasteiger partial charge in [-0.2, -0.15) is 0 Å². The summed E-state index contributed by atoms with van der Waals surface area (Å²) in [6.45, 7) is 7.44. The lowest BCUT2D eigenvalue weighted by Crippen LogP contribution is -2.36. The van der Waals surface area contributed by atoms with Crippen LogP contribution in [0.2, 0.25) is 0 Å². The first-order valence-corrected chi connectivity index (χ1v) is 13.3. The molecule has 2 N–H and O–H groups in total. The fourth-order valence-corrected chi connectivity index (χ4v) is 5.02. The van der Waals surface area contributed by atoms with Crippen LogP contribution in [0.4, 0.5) is 0 Å². The summed E-state index contributed by atoms with van der Waals surface area (Å²) < 4.78 is 17.0. The first-order valence-electron chi connectivity index (χ1n) is 13.3. The Balaban J connectivity index is 2.03. The van der Waals surface area contributed by atoms with Crippen molar-refractivity contribution < 1.29 is 29.2 Å². The predicted molar refractivity (Wildman–Crippen MR) is 134 cm³/mol. The number of hydrogen-bond acceptors (Lipinski definition) is 6. The van der Waals surface area contributed by atoms with Crippen LogP contribution >= 0.6 is 0 Å². The minimum absolute atomic E-state index is 0.0339. The Kier molecular flexibility index (Phi) is 12.8. The van der Waals surface area contributed by atoms with Gasteiger partial charge in [0.25, 0.3) is 0 Å². The topological polar surface area (TPSA) is 85.2 Å². The summed E-state index contributed by atoms with van der Waals surface area (Å²) in [6, 6.07) is 0. The number of esters is 1. The predicted octanol–water partition coefficient (Wildman–Crippen LogP) is 5.32. The standard InChI is InChI=1S/C28H48O6/c1-5-6-18-28(2,3)25(34-27-15-11-12-19-33-27)17-16-22-21(23(29)20-24(22)30)13-9-7-8-10-14-26(31)32-4/h7,9,16-17,21-25,27,29-30H,5-6,8,10-15,18-20H2,1-4H3/t21-,22-,23+,24-,25-,27?/m1/s1. The minimum Gasteiger partial charge on any atom is -0.469 e. The van der Waals surface area contributed by atoms with Crippen molar-refractivity contribution in [2.75, 3.05) is 13.7 Å². The summed E-state index contributed by atoms with van der Waals surface area (Å²) in [5, 5.41) is 21.3. The molecule has 2 aliphatic rings. The highest BCUT2D eigenvalue weighted by molar-refractivity contribution is 5.69. The van der Waals surface area contributed by atoms with E-state index in [-0.39, 0.29) is 35.6 Å². The highest BCUT2D eigenvalue weighted by Gasteiger charge is 2.40. The number of methoxy groups -OCH3 is 1. The largest absolute Gasteiger partial charge is 0.469 e. The third kappa shape index (κ3) is 9.44. The summed E-state index contributed by atoms with van der Waals surface area (Å²) in [7, 11) is 1.40. The second-order valence-electron chi connectivity index (χ2n) is 10.6. The van der Waals surface area contributed by atoms with Crippen molar-refractivity contribution in [2.45, 2.75) is 116 Å². The van der Waals surface area contributed by atoms with Gasteiger partial charge in [-0.3, -0.25) is 4.79 Å². The number of hydrogen-bond donors (Lipinski definition) is 2. The molecule has 196 valence electrons. The monoisotopic (exact) mass is 480 g/mol. The van der Waals surface area contributed by atoms with Crippen LogP contribution in [-0.4, -0.2) is 54.5 Å². The number of aliphatic hydroxyl groups is 2. The fourth-order valence-electron chi connectivity index (χ4n) is 5.02. The quantitative estimate of drug-likeness (QED) is 0.199. The van der Waals surface area contributed by atoms with E-state index in [1.165, 1.54) is 7.11 Å².